The number of hydrogen-bond donors (Lipinski definition) is 0. The number of morpholine rings is 1. The van der Waals surface area contributed by atoms with Crippen molar-refractivity contribution in [1.82, 2.24) is 9.88 Å². The van der Waals surface area contributed by atoms with Crippen molar-refractivity contribution < 1.29 is 13.9 Å². The molecule has 2 saturated heterocycles. The highest BCUT2D eigenvalue weighted by atomic mass is 19.1. The van der Waals surface area contributed by atoms with Crippen LogP contribution in [0.3, 0.4) is 0 Å². The predicted octanol–water partition coefficient (Wildman–Crippen LogP) is 2.02. The molecule has 0 atom stereocenters. The summed E-state index contributed by atoms with van der Waals surface area (Å²) in [5.41, 5.74) is 1.29. The molecule has 0 aliphatic carbocycles. The number of rotatable bonds is 3. The number of piperazine rings is 1. The van der Waals surface area contributed by atoms with Crippen LogP contribution >= 0.6 is 0 Å². The number of halogens is 1. The minimum Gasteiger partial charge on any atom is -0.378 e. The molecular formula is C20H23FN4O2. The Labute approximate surface area is 158 Å². The van der Waals surface area contributed by atoms with Crippen molar-refractivity contribution in [2.75, 3.05) is 62.3 Å². The molecule has 142 valence electrons. The molecule has 2 aromatic rings. The standard InChI is InChI=1S/C20H23FN4O2/c21-17-3-1-2-4-18(17)23-7-9-24(10-8-23)19-15-16(5-6-22-19)20(26)25-11-13-27-14-12-25/h1-6,15H,7-14H2. The number of nitrogens with zero attached hydrogens (tertiary/aromatic N) is 4. The van der Waals surface area contributed by atoms with E-state index in [2.05, 4.69) is 14.8 Å². The molecule has 0 radical (unpaired) electrons. The highest BCUT2D eigenvalue weighted by Gasteiger charge is 2.22. The maximum atomic E-state index is 14.0. The number of pyridine rings is 1. The minimum atomic E-state index is -0.192. The quantitative estimate of drug-likeness (QED) is 0.827. The number of carbonyl (C=O) groups excluding carboxylic acids is 1. The summed E-state index contributed by atoms with van der Waals surface area (Å²) >= 11 is 0. The Morgan fingerprint density at radius 2 is 1.67 bits per heavy atom. The molecule has 1 amide bonds. The zero-order chi connectivity index (χ0) is 18.6. The van der Waals surface area contributed by atoms with E-state index in [-0.39, 0.29) is 11.7 Å². The summed E-state index contributed by atoms with van der Waals surface area (Å²) < 4.78 is 19.3. The summed E-state index contributed by atoms with van der Waals surface area (Å²) in [6.45, 7) is 5.31. The van der Waals surface area contributed by atoms with Crippen molar-refractivity contribution in [3.8, 4) is 0 Å². The molecule has 27 heavy (non-hydrogen) atoms. The number of anilines is 2. The molecular weight excluding hydrogens is 347 g/mol. The van der Waals surface area contributed by atoms with Gasteiger partial charge >= 0.3 is 0 Å². The Bertz CT molecular complexity index is 802. The zero-order valence-electron chi connectivity index (χ0n) is 15.2. The van der Waals surface area contributed by atoms with E-state index in [1.54, 1.807) is 18.3 Å². The van der Waals surface area contributed by atoms with Gasteiger partial charge in [-0.3, -0.25) is 4.79 Å². The van der Waals surface area contributed by atoms with E-state index in [4.69, 9.17) is 4.74 Å². The van der Waals surface area contributed by atoms with Crippen LogP contribution in [-0.4, -0.2) is 68.3 Å². The fourth-order valence-corrected chi connectivity index (χ4v) is 3.56. The molecule has 2 fully saturated rings. The van der Waals surface area contributed by atoms with Gasteiger partial charge in [0.15, 0.2) is 0 Å². The van der Waals surface area contributed by atoms with E-state index in [9.17, 15) is 9.18 Å². The third-order valence-electron chi connectivity index (χ3n) is 5.09. The number of carbonyl (C=O) groups is 1. The second-order valence-electron chi connectivity index (χ2n) is 6.73. The first-order valence-corrected chi connectivity index (χ1v) is 9.30. The van der Waals surface area contributed by atoms with Crippen LogP contribution in [0.25, 0.3) is 0 Å². The SMILES string of the molecule is O=C(c1ccnc(N2CCN(c3ccccc3F)CC2)c1)N1CCOCC1. The summed E-state index contributed by atoms with van der Waals surface area (Å²) in [6.07, 6.45) is 1.69. The van der Waals surface area contributed by atoms with E-state index in [1.165, 1.54) is 6.07 Å². The lowest BCUT2D eigenvalue weighted by Gasteiger charge is -2.37. The molecule has 3 heterocycles. The Morgan fingerprint density at radius 1 is 0.963 bits per heavy atom. The van der Waals surface area contributed by atoms with Gasteiger partial charge in [0.1, 0.15) is 11.6 Å². The number of amides is 1. The number of ether oxygens (including phenoxy) is 1. The van der Waals surface area contributed by atoms with Gasteiger partial charge in [0.05, 0.1) is 18.9 Å². The van der Waals surface area contributed by atoms with Crippen LogP contribution in [0.15, 0.2) is 42.6 Å². The highest BCUT2D eigenvalue weighted by Crippen LogP contribution is 2.22. The lowest BCUT2D eigenvalue weighted by Crippen LogP contribution is -2.47. The van der Waals surface area contributed by atoms with Crippen LogP contribution < -0.4 is 9.80 Å². The molecule has 0 saturated carbocycles. The van der Waals surface area contributed by atoms with Crippen LogP contribution in [0.5, 0.6) is 0 Å². The average Bonchev–Trinajstić information content (AvgIpc) is 2.74. The van der Waals surface area contributed by atoms with Gasteiger partial charge in [-0.25, -0.2) is 9.37 Å². The van der Waals surface area contributed by atoms with Gasteiger partial charge < -0.3 is 19.4 Å². The third-order valence-corrected chi connectivity index (χ3v) is 5.09. The summed E-state index contributed by atoms with van der Waals surface area (Å²) in [5, 5.41) is 0. The van der Waals surface area contributed by atoms with Gasteiger partial charge in [-0.2, -0.15) is 0 Å². The summed E-state index contributed by atoms with van der Waals surface area (Å²) in [7, 11) is 0. The van der Waals surface area contributed by atoms with E-state index in [1.807, 2.05) is 23.1 Å². The number of benzene rings is 1. The zero-order valence-corrected chi connectivity index (χ0v) is 15.2. The molecule has 0 bridgehead atoms. The second kappa shape index (κ2) is 7.92. The summed E-state index contributed by atoms with van der Waals surface area (Å²) in [4.78, 5) is 23.1. The van der Waals surface area contributed by atoms with Crippen molar-refractivity contribution in [3.05, 3.63) is 54.0 Å². The first kappa shape index (κ1) is 17.7. The Hall–Kier alpha value is -2.67. The van der Waals surface area contributed by atoms with E-state index >= 15 is 0 Å². The monoisotopic (exact) mass is 370 g/mol. The van der Waals surface area contributed by atoms with Crippen molar-refractivity contribution >= 4 is 17.4 Å². The largest absolute Gasteiger partial charge is 0.378 e. The van der Waals surface area contributed by atoms with Crippen LogP contribution in [0.4, 0.5) is 15.9 Å². The number of para-hydroxylation sites is 1. The Kier molecular flexibility index (Phi) is 5.20. The average molecular weight is 370 g/mol. The van der Waals surface area contributed by atoms with Gasteiger partial charge in [0, 0.05) is 51.0 Å². The van der Waals surface area contributed by atoms with Crippen molar-refractivity contribution in [2.24, 2.45) is 0 Å². The first-order chi connectivity index (χ1) is 13.2. The summed E-state index contributed by atoms with van der Waals surface area (Å²) in [6, 6.07) is 10.5. The lowest BCUT2D eigenvalue weighted by atomic mass is 10.2. The maximum Gasteiger partial charge on any atom is 0.254 e. The molecule has 2 aliphatic rings. The van der Waals surface area contributed by atoms with E-state index < -0.39 is 0 Å². The topological polar surface area (TPSA) is 48.9 Å². The number of hydrogen-bond acceptors (Lipinski definition) is 5. The lowest BCUT2D eigenvalue weighted by molar-refractivity contribution is 0.0303. The van der Waals surface area contributed by atoms with Gasteiger partial charge in [-0.05, 0) is 24.3 Å². The van der Waals surface area contributed by atoms with Crippen LogP contribution in [-0.2, 0) is 4.74 Å². The van der Waals surface area contributed by atoms with Crippen molar-refractivity contribution in [2.45, 2.75) is 0 Å². The van der Waals surface area contributed by atoms with Crippen LogP contribution in [0, 0.1) is 5.82 Å². The first-order valence-electron chi connectivity index (χ1n) is 9.30. The van der Waals surface area contributed by atoms with Gasteiger partial charge in [0.25, 0.3) is 5.91 Å². The predicted molar refractivity (Wildman–Crippen MR) is 102 cm³/mol. The van der Waals surface area contributed by atoms with E-state index in [0.29, 0.717) is 50.6 Å². The fraction of sp³-hybridized carbons (Fsp3) is 0.400. The van der Waals surface area contributed by atoms with Gasteiger partial charge in [-0.15, -0.1) is 0 Å². The fourth-order valence-electron chi connectivity index (χ4n) is 3.56. The summed E-state index contributed by atoms with van der Waals surface area (Å²) in [5.74, 6) is 0.622. The molecule has 6 nitrogen and oxygen atoms in total. The molecule has 4 rings (SSSR count). The third kappa shape index (κ3) is 3.88. The van der Waals surface area contributed by atoms with Crippen LogP contribution in [0.2, 0.25) is 0 Å². The molecule has 0 unspecified atom stereocenters. The van der Waals surface area contributed by atoms with Crippen molar-refractivity contribution in [1.29, 1.82) is 0 Å². The molecule has 7 heteroatoms. The Balaban J connectivity index is 1.43. The van der Waals surface area contributed by atoms with Crippen LogP contribution in [0.1, 0.15) is 10.4 Å². The molecule has 1 aromatic carbocycles. The molecule has 0 spiro atoms. The molecule has 2 aliphatic heterocycles. The Morgan fingerprint density at radius 3 is 2.41 bits per heavy atom. The number of aromatic nitrogens is 1. The van der Waals surface area contributed by atoms with Crippen molar-refractivity contribution in [3.63, 3.8) is 0 Å². The smallest absolute Gasteiger partial charge is 0.254 e. The molecule has 0 N–H and O–H groups in total. The molecule has 1 aromatic heterocycles. The van der Waals surface area contributed by atoms with Gasteiger partial charge in [0.2, 0.25) is 0 Å². The maximum absolute atomic E-state index is 14.0. The minimum absolute atomic E-state index is 0.0203. The highest BCUT2D eigenvalue weighted by molar-refractivity contribution is 5.95. The normalized spacial score (nSPS) is 17.9. The van der Waals surface area contributed by atoms with Gasteiger partial charge in [-0.1, -0.05) is 12.1 Å². The van der Waals surface area contributed by atoms with E-state index in [0.717, 1.165) is 18.9 Å². The second-order valence-corrected chi connectivity index (χ2v) is 6.73.